The van der Waals surface area contributed by atoms with Crippen molar-refractivity contribution in [2.24, 2.45) is 5.73 Å². The molecule has 1 unspecified atom stereocenters. The van der Waals surface area contributed by atoms with E-state index in [9.17, 15) is 18.8 Å². The normalized spacial score (nSPS) is 16.0. The van der Waals surface area contributed by atoms with Crippen molar-refractivity contribution in [3.63, 3.8) is 0 Å². The predicted molar refractivity (Wildman–Crippen MR) is 94.7 cm³/mol. The van der Waals surface area contributed by atoms with Crippen LogP contribution in [0.3, 0.4) is 0 Å². The minimum absolute atomic E-state index is 0.0777. The monoisotopic (exact) mass is 365 g/mol. The Morgan fingerprint density at radius 3 is 2.54 bits per heavy atom. The number of hydrogen-bond donors (Lipinski definition) is 3. The summed E-state index contributed by atoms with van der Waals surface area (Å²) in [6.07, 6.45) is 0. The average molecular weight is 365 g/mol. The van der Waals surface area contributed by atoms with Crippen molar-refractivity contribution in [1.29, 1.82) is 0 Å². The van der Waals surface area contributed by atoms with E-state index in [4.69, 9.17) is 5.73 Å². The lowest BCUT2D eigenvalue weighted by molar-refractivity contribution is -0.134. The van der Waals surface area contributed by atoms with Gasteiger partial charge >= 0.3 is 0 Å². The lowest BCUT2D eigenvalue weighted by Crippen LogP contribution is -2.55. The zero-order chi connectivity index (χ0) is 19.1. The van der Waals surface area contributed by atoms with Crippen LogP contribution in [0.25, 0.3) is 0 Å². The van der Waals surface area contributed by atoms with Crippen molar-refractivity contribution in [1.82, 2.24) is 15.1 Å². The third-order valence-corrected chi connectivity index (χ3v) is 4.31. The fourth-order valence-corrected chi connectivity index (χ4v) is 2.70. The Balaban J connectivity index is 1.80. The Labute approximate surface area is 151 Å². The second-order valence-corrected chi connectivity index (χ2v) is 6.07. The molecule has 1 aliphatic rings. The van der Waals surface area contributed by atoms with Crippen LogP contribution in [0, 0.1) is 5.82 Å². The molecule has 0 radical (unpaired) electrons. The van der Waals surface area contributed by atoms with Gasteiger partial charge in [0, 0.05) is 31.9 Å². The highest BCUT2D eigenvalue weighted by atomic mass is 19.1. The quantitative estimate of drug-likeness (QED) is 0.622. The van der Waals surface area contributed by atoms with Crippen molar-refractivity contribution in [2.45, 2.75) is 13.0 Å². The van der Waals surface area contributed by atoms with Gasteiger partial charge in [0.05, 0.1) is 19.1 Å². The van der Waals surface area contributed by atoms with Gasteiger partial charge in [-0.2, -0.15) is 0 Å². The van der Waals surface area contributed by atoms with Gasteiger partial charge in [-0.05, 0) is 25.1 Å². The van der Waals surface area contributed by atoms with Gasteiger partial charge in [-0.15, -0.1) is 0 Å². The fourth-order valence-electron chi connectivity index (χ4n) is 2.70. The molecule has 1 fully saturated rings. The summed E-state index contributed by atoms with van der Waals surface area (Å²) in [6, 6.07) is 5.32. The van der Waals surface area contributed by atoms with Gasteiger partial charge in [0.2, 0.25) is 17.7 Å². The summed E-state index contributed by atoms with van der Waals surface area (Å²) in [7, 11) is 0. The van der Waals surface area contributed by atoms with Gasteiger partial charge < -0.3 is 21.3 Å². The van der Waals surface area contributed by atoms with E-state index in [-0.39, 0.29) is 30.8 Å². The first-order valence-corrected chi connectivity index (χ1v) is 8.45. The molecule has 0 bridgehead atoms. The molecule has 0 saturated carbocycles. The summed E-state index contributed by atoms with van der Waals surface area (Å²) in [4.78, 5) is 39.1. The Hall–Kier alpha value is -2.52. The largest absolute Gasteiger partial charge is 0.346 e. The first-order valence-electron chi connectivity index (χ1n) is 8.45. The molecule has 0 aromatic heterocycles. The molecule has 8 nitrogen and oxygen atoms in total. The van der Waals surface area contributed by atoms with Crippen LogP contribution in [0.2, 0.25) is 0 Å². The standard InChI is InChI=1S/C17H24FN5O3/c1-12(17(26)21-14-4-2-3-13(18)9-14)22-5-7-23(8-6-22)16(25)11-20-15(24)10-19/h2-4,9,12H,5-8,10-11,19H2,1H3,(H,20,24)(H,21,26). The molecule has 1 heterocycles. The molecule has 1 atom stereocenters. The molecule has 1 aromatic rings. The van der Waals surface area contributed by atoms with Crippen LogP contribution in [0.15, 0.2) is 24.3 Å². The van der Waals surface area contributed by atoms with Crippen molar-refractivity contribution >= 4 is 23.4 Å². The van der Waals surface area contributed by atoms with E-state index in [1.54, 1.807) is 17.9 Å². The Morgan fingerprint density at radius 2 is 1.92 bits per heavy atom. The zero-order valence-electron chi connectivity index (χ0n) is 14.7. The summed E-state index contributed by atoms with van der Waals surface area (Å²) in [5, 5.41) is 5.14. The number of rotatable bonds is 6. The number of anilines is 1. The van der Waals surface area contributed by atoms with E-state index < -0.39 is 11.9 Å². The van der Waals surface area contributed by atoms with Gasteiger partial charge in [0.15, 0.2) is 0 Å². The molecule has 142 valence electrons. The highest BCUT2D eigenvalue weighted by molar-refractivity contribution is 5.94. The highest BCUT2D eigenvalue weighted by Crippen LogP contribution is 2.12. The van der Waals surface area contributed by atoms with E-state index >= 15 is 0 Å². The highest BCUT2D eigenvalue weighted by Gasteiger charge is 2.27. The molecule has 9 heteroatoms. The van der Waals surface area contributed by atoms with Crippen molar-refractivity contribution in [3.8, 4) is 0 Å². The number of nitrogens with zero attached hydrogens (tertiary/aromatic N) is 2. The summed E-state index contributed by atoms with van der Waals surface area (Å²) >= 11 is 0. The number of hydrogen-bond acceptors (Lipinski definition) is 5. The lowest BCUT2D eigenvalue weighted by Gasteiger charge is -2.37. The van der Waals surface area contributed by atoms with Crippen LogP contribution in [0.4, 0.5) is 10.1 Å². The molecule has 1 aromatic carbocycles. The number of halogens is 1. The topological polar surface area (TPSA) is 108 Å². The van der Waals surface area contributed by atoms with Crippen LogP contribution in [-0.4, -0.2) is 72.8 Å². The third-order valence-electron chi connectivity index (χ3n) is 4.31. The second kappa shape index (κ2) is 9.25. The Morgan fingerprint density at radius 1 is 1.23 bits per heavy atom. The first-order chi connectivity index (χ1) is 12.4. The van der Waals surface area contributed by atoms with E-state index in [0.717, 1.165) is 0 Å². The molecule has 1 saturated heterocycles. The fraction of sp³-hybridized carbons (Fsp3) is 0.471. The minimum Gasteiger partial charge on any atom is -0.346 e. The van der Waals surface area contributed by atoms with Crippen LogP contribution < -0.4 is 16.4 Å². The SMILES string of the molecule is CC(C(=O)Nc1cccc(F)c1)N1CCN(C(=O)CNC(=O)CN)CC1. The van der Waals surface area contributed by atoms with Crippen LogP contribution in [0.1, 0.15) is 6.92 Å². The smallest absolute Gasteiger partial charge is 0.242 e. The molecule has 0 aliphatic carbocycles. The van der Waals surface area contributed by atoms with E-state index in [0.29, 0.717) is 31.9 Å². The van der Waals surface area contributed by atoms with Crippen molar-refractivity contribution < 1.29 is 18.8 Å². The van der Waals surface area contributed by atoms with Gasteiger partial charge in [0.1, 0.15) is 5.82 Å². The number of benzene rings is 1. The van der Waals surface area contributed by atoms with Crippen LogP contribution in [0.5, 0.6) is 0 Å². The number of piperazine rings is 1. The first kappa shape index (κ1) is 19.8. The number of nitrogens with one attached hydrogen (secondary N) is 2. The third kappa shape index (κ3) is 5.50. The molecule has 4 N–H and O–H groups in total. The summed E-state index contributed by atoms with van der Waals surface area (Å²) < 4.78 is 13.2. The van der Waals surface area contributed by atoms with Gasteiger partial charge in [-0.1, -0.05) is 6.07 Å². The summed E-state index contributed by atoms with van der Waals surface area (Å²) in [5.74, 6) is -1.20. The maximum Gasteiger partial charge on any atom is 0.242 e. The average Bonchev–Trinajstić information content (AvgIpc) is 2.65. The van der Waals surface area contributed by atoms with Gasteiger partial charge in [-0.3, -0.25) is 19.3 Å². The van der Waals surface area contributed by atoms with E-state index in [1.807, 2.05) is 4.90 Å². The van der Waals surface area contributed by atoms with Crippen molar-refractivity contribution in [2.75, 3.05) is 44.6 Å². The maximum atomic E-state index is 13.2. The zero-order valence-corrected chi connectivity index (χ0v) is 14.7. The van der Waals surface area contributed by atoms with Gasteiger partial charge in [-0.25, -0.2) is 4.39 Å². The Bertz CT molecular complexity index is 662. The molecule has 0 spiro atoms. The minimum atomic E-state index is -0.413. The second-order valence-electron chi connectivity index (χ2n) is 6.07. The van der Waals surface area contributed by atoms with Crippen molar-refractivity contribution in [3.05, 3.63) is 30.1 Å². The molecule has 3 amide bonds. The van der Waals surface area contributed by atoms with Gasteiger partial charge in [0.25, 0.3) is 0 Å². The van der Waals surface area contributed by atoms with E-state index in [2.05, 4.69) is 10.6 Å². The lowest BCUT2D eigenvalue weighted by atomic mass is 10.2. The molecule has 1 aliphatic heterocycles. The molecular weight excluding hydrogens is 341 g/mol. The predicted octanol–water partition coefficient (Wildman–Crippen LogP) is -0.628. The van der Waals surface area contributed by atoms with E-state index in [1.165, 1.54) is 18.2 Å². The number of nitrogens with two attached hydrogens (primary N) is 1. The number of carbonyl (C=O) groups excluding carboxylic acids is 3. The van der Waals surface area contributed by atoms with Crippen LogP contribution >= 0.6 is 0 Å². The summed E-state index contributed by atoms with van der Waals surface area (Å²) in [5.41, 5.74) is 5.59. The number of amides is 3. The van der Waals surface area contributed by atoms with Crippen LogP contribution in [-0.2, 0) is 14.4 Å². The Kier molecular flexibility index (Phi) is 7.05. The molecule has 2 rings (SSSR count). The maximum absolute atomic E-state index is 13.2. The molecule has 26 heavy (non-hydrogen) atoms. The molecular formula is C17H24FN5O3. The summed E-state index contributed by atoms with van der Waals surface area (Å²) in [6.45, 7) is 3.55. The number of carbonyl (C=O) groups is 3.